The molecule has 2 rings (SSSR count). The second kappa shape index (κ2) is 6.47. The van der Waals surface area contributed by atoms with Crippen LogP contribution in [0.3, 0.4) is 0 Å². The number of nitrogens with two attached hydrogens (primary N) is 1. The van der Waals surface area contributed by atoms with Crippen molar-refractivity contribution in [2.75, 3.05) is 11.5 Å². The second-order valence-electron chi connectivity index (χ2n) is 4.43. The molecule has 1 aliphatic rings. The summed E-state index contributed by atoms with van der Waals surface area (Å²) in [6.45, 7) is 0. The molecule has 0 spiro atoms. The maximum absolute atomic E-state index is 12.1. The Balaban J connectivity index is 2.06. The van der Waals surface area contributed by atoms with Gasteiger partial charge in [0.15, 0.2) is 5.84 Å². The lowest BCUT2D eigenvalue weighted by molar-refractivity contribution is 0.0935. The quantitative estimate of drug-likeness (QED) is 0.338. The Bertz CT molecular complexity index is 485. The van der Waals surface area contributed by atoms with Crippen molar-refractivity contribution in [3.8, 4) is 0 Å². The average molecular weight is 279 g/mol. The summed E-state index contributed by atoms with van der Waals surface area (Å²) in [5.74, 6) is 2.08. The van der Waals surface area contributed by atoms with Crippen molar-refractivity contribution in [3.63, 3.8) is 0 Å². The summed E-state index contributed by atoms with van der Waals surface area (Å²) in [6, 6.07) is 7.02. The molecule has 1 aliphatic heterocycles. The van der Waals surface area contributed by atoms with Gasteiger partial charge in [0, 0.05) is 17.2 Å². The molecule has 19 heavy (non-hydrogen) atoms. The molecule has 0 aliphatic carbocycles. The summed E-state index contributed by atoms with van der Waals surface area (Å²) >= 11 is 1.92. The molecule has 102 valence electrons. The number of nitrogens with one attached hydrogen (secondary N) is 1. The highest BCUT2D eigenvalue weighted by Crippen LogP contribution is 2.17. The van der Waals surface area contributed by atoms with Crippen molar-refractivity contribution in [2.24, 2.45) is 10.9 Å². The Morgan fingerprint density at radius 2 is 2.05 bits per heavy atom. The van der Waals surface area contributed by atoms with Crippen LogP contribution in [-0.2, 0) is 0 Å². The lowest BCUT2D eigenvalue weighted by Crippen LogP contribution is -2.37. The molecule has 0 radical (unpaired) electrons. The van der Waals surface area contributed by atoms with Crippen molar-refractivity contribution in [1.29, 1.82) is 0 Å². The molecule has 6 heteroatoms. The lowest BCUT2D eigenvalue weighted by atomic mass is 10.1. The van der Waals surface area contributed by atoms with Crippen LogP contribution in [0.2, 0.25) is 0 Å². The van der Waals surface area contributed by atoms with E-state index < -0.39 is 0 Å². The van der Waals surface area contributed by atoms with Crippen LogP contribution in [0.4, 0.5) is 0 Å². The van der Waals surface area contributed by atoms with Crippen LogP contribution in [-0.4, -0.2) is 34.5 Å². The van der Waals surface area contributed by atoms with E-state index in [1.54, 1.807) is 24.3 Å². The number of oxime groups is 1. The number of hydrogen-bond acceptors (Lipinski definition) is 4. The van der Waals surface area contributed by atoms with Crippen LogP contribution in [0, 0.1) is 0 Å². The summed E-state index contributed by atoms with van der Waals surface area (Å²) in [7, 11) is 0. The number of carbonyl (C=O) groups excluding carboxylic acids is 1. The maximum Gasteiger partial charge on any atom is 0.251 e. The van der Waals surface area contributed by atoms with E-state index >= 15 is 0 Å². The second-order valence-corrected chi connectivity index (χ2v) is 5.65. The van der Waals surface area contributed by atoms with Gasteiger partial charge >= 0.3 is 0 Å². The highest BCUT2D eigenvalue weighted by atomic mass is 32.2. The molecule has 1 amide bonds. The third-order valence-corrected chi connectivity index (χ3v) is 4.13. The van der Waals surface area contributed by atoms with Crippen molar-refractivity contribution in [1.82, 2.24) is 5.32 Å². The molecule has 0 unspecified atom stereocenters. The minimum Gasteiger partial charge on any atom is -0.409 e. The fourth-order valence-electron chi connectivity index (χ4n) is 1.99. The van der Waals surface area contributed by atoms with Crippen LogP contribution in [0.1, 0.15) is 28.8 Å². The summed E-state index contributed by atoms with van der Waals surface area (Å²) in [6.07, 6.45) is 2.02. The van der Waals surface area contributed by atoms with Gasteiger partial charge in [-0.25, -0.2) is 0 Å². The molecule has 0 saturated carbocycles. The lowest BCUT2D eigenvalue weighted by Gasteiger charge is -2.22. The number of carbonyl (C=O) groups is 1. The van der Waals surface area contributed by atoms with Crippen molar-refractivity contribution < 1.29 is 10.0 Å². The monoisotopic (exact) mass is 279 g/mol. The van der Waals surface area contributed by atoms with Crippen LogP contribution in [0.25, 0.3) is 0 Å². The average Bonchev–Trinajstić information content (AvgIpc) is 2.47. The Hall–Kier alpha value is -1.69. The van der Waals surface area contributed by atoms with Gasteiger partial charge in [-0.1, -0.05) is 17.3 Å². The van der Waals surface area contributed by atoms with Gasteiger partial charge in [-0.15, -0.1) is 0 Å². The minimum atomic E-state index is -0.107. The maximum atomic E-state index is 12.1. The van der Waals surface area contributed by atoms with E-state index in [4.69, 9.17) is 10.9 Å². The van der Waals surface area contributed by atoms with Crippen molar-refractivity contribution >= 4 is 23.5 Å². The Kier molecular flexibility index (Phi) is 4.68. The predicted molar refractivity (Wildman–Crippen MR) is 76.8 cm³/mol. The number of hydrogen-bond donors (Lipinski definition) is 3. The van der Waals surface area contributed by atoms with Crippen molar-refractivity contribution in [3.05, 3.63) is 35.4 Å². The summed E-state index contributed by atoms with van der Waals surface area (Å²) in [5.41, 5.74) is 6.58. The van der Waals surface area contributed by atoms with E-state index in [0.717, 1.165) is 24.3 Å². The normalized spacial score (nSPS) is 17.2. The standard InChI is InChI=1S/C13H17N3O2S/c14-12(16-18)9-2-1-3-10(8-9)13(17)15-11-4-6-19-7-5-11/h1-3,8,11,18H,4-7H2,(H2,14,16)(H,15,17). The van der Waals surface area contributed by atoms with Crippen molar-refractivity contribution in [2.45, 2.75) is 18.9 Å². The van der Waals surface area contributed by atoms with Gasteiger partial charge in [0.2, 0.25) is 0 Å². The van der Waals surface area contributed by atoms with Crippen LogP contribution >= 0.6 is 11.8 Å². The molecule has 0 bridgehead atoms. The summed E-state index contributed by atoms with van der Waals surface area (Å²) in [5, 5.41) is 14.6. The smallest absolute Gasteiger partial charge is 0.251 e. The highest BCUT2D eigenvalue weighted by molar-refractivity contribution is 7.99. The third kappa shape index (κ3) is 3.64. The predicted octanol–water partition coefficient (Wildman–Crippen LogP) is 1.41. The van der Waals surface area contributed by atoms with E-state index in [1.165, 1.54) is 0 Å². The largest absolute Gasteiger partial charge is 0.409 e. The Morgan fingerprint density at radius 1 is 1.37 bits per heavy atom. The van der Waals surface area contributed by atoms with E-state index in [-0.39, 0.29) is 17.8 Å². The highest BCUT2D eigenvalue weighted by Gasteiger charge is 2.17. The van der Waals surface area contributed by atoms with E-state index in [0.29, 0.717) is 11.1 Å². The van der Waals surface area contributed by atoms with E-state index in [1.807, 2.05) is 11.8 Å². The van der Waals surface area contributed by atoms with Crippen LogP contribution < -0.4 is 11.1 Å². The zero-order valence-electron chi connectivity index (χ0n) is 10.5. The number of rotatable bonds is 3. The van der Waals surface area contributed by atoms with Gasteiger partial charge in [-0.05, 0) is 36.5 Å². The van der Waals surface area contributed by atoms with Crippen LogP contribution in [0.5, 0.6) is 0 Å². The molecule has 1 saturated heterocycles. The number of amides is 1. The van der Waals surface area contributed by atoms with Gasteiger partial charge in [0.25, 0.3) is 5.91 Å². The fraction of sp³-hybridized carbons (Fsp3) is 0.385. The first-order valence-electron chi connectivity index (χ1n) is 6.17. The zero-order chi connectivity index (χ0) is 13.7. The minimum absolute atomic E-state index is 0.00344. The molecular weight excluding hydrogens is 262 g/mol. The molecule has 1 aromatic carbocycles. The summed E-state index contributed by atoms with van der Waals surface area (Å²) < 4.78 is 0. The first-order chi connectivity index (χ1) is 9.20. The number of nitrogens with zero attached hydrogens (tertiary/aromatic N) is 1. The number of thioether (sulfide) groups is 1. The summed E-state index contributed by atoms with van der Waals surface area (Å²) in [4.78, 5) is 12.1. The van der Waals surface area contributed by atoms with Gasteiger partial charge in [0.05, 0.1) is 0 Å². The Labute approximate surface area is 116 Å². The SMILES string of the molecule is N/C(=N/O)c1cccc(C(=O)NC2CCSCC2)c1. The fourth-order valence-corrected chi connectivity index (χ4v) is 3.09. The van der Waals surface area contributed by atoms with E-state index in [2.05, 4.69) is 10.5 Å². The molecule has 4 N–H and O–H groups in total. The van der Waals surface area contributed by atoms with Gasteiger partial charge in [-0.3, -0.25) is 4.79 Å². The van der Waals surface area contributed by atoms with Gasteiger partial charge in [0.1, 0.15) is 0 Å². The molecule has 1 aromatic rings. The molecule has 0 aromatic heterocycles. The molecule has 1 fully saturated rings. The van der Waals surface area contributed by atoms with Gasteiger partial charge in [-0.2, -0.15) is 11.8 Å². The molecular formula is C13H17N3O2S. The van der Waals surface area contributed by atoms with Gasteiger partial charge < -0.3 is 16.3 Å². The van der Waals surface area contributed by atoms with Crippen LogP contribution in [0.15, 0.2) is 29.4 Å². The third-order valence-electron chi connectivity index (χ3n) is 3.08. The molecule has 1 heterocycles. The number of benzene rings is 1. The zero-order valence-corrected chi connectivity index (χ0v) is 11.3. The first kappa shape index (κ1) is 13.7. The molecule has 0 atom stereocenters. The Morgan fingerprint density at radius 3 is 2.74 bits per heavy atom. The first-order valence-corrected chi connectivity index (χ1v) is 7.32. The molecule has 5 nitrogen and oxygen atoms in total. The topological polar surface area (TPSA) is 87.7 Å². The number of amidine groups is 1. The van der Waals surface area contributed by atoms with E-state index in [9.17, 15) is 4.79 Å².